The van der Waals surface area contributed by atoms with Gasteiger partial charge in [-0.05, 0) is 23.3 Å². The van der Waals surface area contributed by atoms with Crippen molar-refractivity contribution in [3.8, 4) is 11.5 Å². The number of benzene rings is 2. The molecule has 1 aliphatic rings. The van der Waals surface area contributed by atoms with Crippen LogP contribution in [0.2, 0.25) is 0 Å². The van der Waals surface area contributed by atoms with E-state index in [4.69, 9.17) is 14.2 Å². The van der Waals surface area contributed by atoms with E-state index in [1.165, 1.54) is 14.2 Å². The number of carbonyl (C=O) groups is 2. The molecule has 5 nitrogen and oxygen atoms in total. The lowest BCUT2D eigenvalue weighted by atomic mass is 9.96. The molecule has 2 aromatic carbocycles. The lowest BCUT2D eigenvalue weighted by molar-refractivity contribution is -0.149. The quantitative estimate of drug-likeness (QED) is 0.642. The third kappa shape index (κ3) is 2.57. The van der Waals surface area contributed by atoms with Gasteiger partial charge in [-0.15, -0.1) is 0 Å². The first-order valence-electron chi connectivity index (χ1n) is 6.94. The highest BCUT2D eigenvalue weighted by atomic mass is 16.6. The van der Waals surface area contributed by atoms with Crippen molar-refractivity contribution in [2.24, 2.45) is 0 Å². The highest BCUT2D eigenvalue weighted by Crippen LogP contribution is 2.37. The molecule has 1 aliphatic heterocycles. The highest BCUT2D eigenvalue weighted by molar-refractivity contribution is 6.44. The molecule has 116 valence electrons. The van der Waals surface area contributed by atoms with Crippen molar-refractivity contribution in [1.82, 2.24) is 0 Å². The summed E-state index contributed by atoms with van der Waals surface area (Å²) in [6, 6.07) is 14.0. The van der Waals surface area contributed by atoms with Gasteiger partial charge in [-0.1, -0.05) is 36.4 Å². The zero-order valence-corrected chi connectivity index (χ0v) is 12.7. The molecule has 0 atom stereocenters. The Hall–Kier alpha value is -3.08. The topological polar surface area (TPSA) is 61.8 Å². The van der Waals surface area contributed by atoms with Crippen LogP contribution in [0.25, 0.3) is 11.1 Å². The molecule has 0 aromatic heterocycles. The van der Waals surface area contributed by atoms with Gasteiger partial charge in [-0.3, -0.25) is 0 Å². The first kappa shape index (κ1) is 14.8. The van der Waals surface area contributed by atoms with Crippen molar-refractivity contribution in [3.63, 3.8) is 0 Å². The maximum Gasteiger partial charge on any atom is 0.347 e. The molecule has 0 fully saturated rings. The summed E-state index contributed by atoms with van der Waals surface area (Å²) in [5.74, 6) is -0.306. The molecule has 3 rings (SSSR count). The van der Waals surface area contributed by atoms with Crippen LogP contribution in [0.3, 0.4) is 0 Å². The molecule has 23 heavy (non-hydrogen) atoms. The SMILES string of the molecule is COc1ccc(C2=C(c3ccccc3)C(=O)OC2=O)cc1OC. The average Bonchev–Trinajstić information content (AvgIpc) is 2.89. The second-order valence-electron chi connectivity index (χ2n) is 4.86. The molecule has 0 saturated heterocycles. The summed E-state index contributed by atoms with van der Waals surface area (Å²) in [4.78, 5) is 24.2. The van der Waals surface area contributed by atoms with Crippen molar-refractivity contribution in [1.29, 1.82) is 0 Å². The normalized spacial score (nSPS) is 14.0. The molecular formula is C18H14O5. The molecule has 1 heterocycles. The standard InChI is InChI=1S/C18H14O5/c1-21-13-9-8-12(10-14(13)22-2)16-15(17(19)23-18(16)20)11-6-4-3-5-7-11/h3-10H,1-2H3. The van der Waals surface area contributed by atoms with Crippen LogP contribution < -0.4 is 9.47 Å². The second-order valence-corrected chi connectivity index (χ2v) is 4.86. The minimum absolute atomic E-state index is 0.224. The Bertz CT molecular complexity index is 805. The first-order chi connectivity index (χ1) is 11.2. The summed E-state index contributed by atoms with van der Waals surface area (Å²) < 4.78 is 15.2. The van der Waals surface area contributed by atoms with Crippen LogP contribution >= 0.6 is 0 Å². The minimum atomic E-state index is -0.666. The summed E-state index contributed by atoms with van der Waals surface area (Å²) in [6.07, 6.45) is 0. The summed E-state index contributed by atoms with van der Waals surface area (Å²) in [6.45, 7) is 0. The zero-order chi connectivity index (χ0) is 16.4. The maximum absolute atomic E-state index is 12.1. The molecule has 0 radical (unpaired) electrons. The third-order valence-corrected chi connectivity index (χ3v) is 3.58. The van der Waals surface area contributed by atoms with Crippen LogP contribution in [0.15, 0.2) is 48.5 Å². The lowest BCUT2D eigenvalue weighted by Gasteiger charge is -2.10. The molecule has 0 bridgehead atoms. The predicted molar refractivity (Wildman–Crippen MR) is 83.9 cm³/mol. The van der Waals surface area contributed by atoms with Crippen LogP contribution in [0.4, 0.5) is 0 Å². The smallest absolute Gasteiger partial charge is 0.347 e. The number of ether oxygens (including phenoxy) is 3. The summed E-state index contributed by atoms with van der Waals surface area (Å²) in [7, 11) is 3.03. The lowest BCUT2D eigenvalue weighted by Crippen LogP contribution is -2.02. The molecule has 0 unspecified atom stereocenters. The number of carbonyl (C=O) groups excluding carboxylic acids is 2. The van der Waals surface area contributed by atoms with Gasteiger partial charge in [0.25, 0.3) is 0 Å². The van der Waals surface area contributed by atoms with E-state index in [0.29, 0.717) is 22.6 Å². The Kier molecular flexibility index (Phi) is 3.85. The number of cyclic esters (lactones) is 2. The van der Waals surface area contributed by atoms with E-state index < -0.39 is 11.9 Å². The van der Waals surface area contributed by atoms with E-state index in [1.807, 2.05) is 6.07 Å². The summed E-state index contributed by atoms with van der Waals surface area (Å²) >= 11 is 0. The predicted octanol–water partition coefficient (Wildman–Crippen LogP) is 2.70. The highest BCUT2D eigenvalue weighted by Gasteiger charge is 2.35. The fraction of sp³-hybridized carbons (Fsp3) is 0.111. The van der Waals surface area contributed by atoms with Crippen LogP contribution in [-0.2, 0) is 14.3 Å². The van der Waals surface area contributed by atoms with Gasteiger partial charge in [-0.25, -0.2) is 9.59 Å². The molecule has 2 aromatic rings. The van der Waals surface area contributed by atoms with Crippen molar-refractivity contribution in [3.05, 3.63) is 59.7 Å². The molecule has 0 N–H and O–H groups in total. The van der Waals surface area contributed by atoms with Crippen LogP contribution in [-0.4, -0.2) is 26.2 Å². The van der Waals surface area contributed by atoms with Crippen molar-refractivity contribution in [2.45, 2.75) is 0 Å². The van der Waals surface area contributed by atoms with Gasteiger partial charge in [0.15, 0.2) is 11.5 Å². The van der Waals surface area contributed by atoms with E-state index in [1.54, 1.807) is 42.5 Å². The number of hydrogen-bond acceptors (Lipinski definition) is 5. The first-order valence-corrected chi connectivity index (χ1v) is 6.94. The van der Waals surface area contributed by atoms with Gasteiger partial charge >= 0.3 is 11.9 Å². The van der Waals surface area contributed by atoms with E-state index >= 15 is 0 Å². The number of methoxy groups -OCH3 is 2. The monoisotopic (exact) mass is 310 g/mol. The van der Waals surface area contributed by atoms with E-state index in [9.17, 15) is 9.59 Å². The van der Waals surface area contributed by atoms with Gasteiger partial charge in [0.2, 0.25) is 0 Å². The Morgan fingerprint density at radius 1 is 0.739 bits per heavy atom. The average molecular weight is 310 g/mol. The van der Waals surface area contributed by atoms with Gasteiger partial charge in [0.1, 0.15) is 0 Å². The number of esters is 2. The van der Waals surface area contributed by atoms with E-state index in [2.05, 4.69) is 0 Å². The van der Waals surface area contributed by atoms with Crippen LogP contribution in [0, 0.1) is 0 Å². The molecule has 5 heteroatoms. The Morgan fingerprint density at radius 2 is 1.35 bits per heavy atom. The molecule has 0 saturated carbocycles. The molecule has 0 aliphatic carbocycles. The zero-order valence-electron chi connectivity index (χ0n) is 12.7. The van der Waals surface area contributed by atoms with Crippen molar-refractivity contribution in [2.75, 3.05) is 14.2 Å². The van der Waals surface area contributed by atoms with Crippen molar-refractivity contribution >= 4 is 23.1 Å². The Balaban J connectivity index is 2.20. The fourth-order valence-corrected chi connectivity index (χ4v) is 2.51. The summed E-state index contributed by atoms with van der Waals surface area (Å²) in [5, 5.41) is 0. The molecule has 0 amide bonds. The summed E-state index contributed by atoms with van der Waals surface area (Å²) in [5.41, 5.74) is 1.65. The van der Waals surface area contributed by atoms with Crippen LogP contribution in [0.1, 0.15) is 11.1 Å². The number of rotatable bonds is 4. The van der Waals surface area contributed by atoms with Crippen molar-refractivity contribution < 1.29 is 23.8 Å². The number of hydrogen-bond donors (Lipinski definition) is 0. The minimum Gasteiger partial charge on any atom is -0.493 e. The van der Waals surface area contributed by atoms with E-state index in [-0.39, 0.29) is 11.1 Å². The molecular weight excluding hydrogens is 296 g/mol. The van der Waals surface area contributed by atoms with Gasteiger partial charge < -0.3 is 14.2 Å². The van der Waals surface area contributed by atoms with Gasteiger partial charge in [0.05, 0.1) is 25.4 Å². The van der Waals surface area contributed by atoms with Gasteiger partial charge in [-0.2, -0.15) is 0 Å². The van der Waals surface area contributed by atoms with E-state index in [0.717, 1.165) is 0 Å². The third-order valence-electron chi connectivity index (χ3n) is 3.58. The Labute approximate surface area is 133 Å². The van der Waals surface area contributed by atoms with Crippen LogP contribution in [0.5, 0.6) is 11.5 Å². The largest absolute Gasteiger partial charge is 0.493 e. The second kappa shape index (κ2) is 5.96. The maximum atomic E-state index is 12.1. The Morgan fingerprint density at radius 3 is 1.96 bits per heavy atom. The molecule has 0 spiro atoms. The fourth-order valence-electron chi connectivity index (χ4n) is 2.51. The van der Waals surface area contributed by atoms with Gasteiger partial charge in [0, 0.05) is 0 Å².